The summed E-state index contributed by atoms with van der Waals surface area (Å²) in [5.41, 5.74) is 0. The molecule has 0 amide bonds. The molecule has 1 N–H and O–H groups in total. The third kappa shape index (κ3) is 3.91. The molecule has 2 rings (SSSR count). The van der Waals surface area contributed by atoms with Gasteiger partial charge < -0.3 is 19.9 Å². The predicted octanol–water partition coefficient (Wildman–Crippen LogP) is 0.389. The molecule has 0 bridgehead atoms. The van der Waals surface area contributed by atoms with Crippen LogP contribution in [0, 0.1) is 0 Å². The Kier molecular flexibility index (Phi) is 4.79. The summed E-state index contributed by atoms with van der Waals surface area (Å²) in [6.45, 7) is 7.69. The molecule has 2 fully saturated rings. The average molecular weight is 241 g/mol. The summed E-state index contributed by atoms with van der Waals surface area (Å²) in [6, 6.07) is 0.774. The highest BCUT2D eigenvalue weighted by atomic mass is 16.5. The Morgan fingerprint density at radius 2 is 1.94 bits per heavy atom. The minimum absolute atomic E-state index is 0.369. The molecular weight excluding hydrogens is 214 g/mol. The number of nitrogens with one attached hydrogen (secondary N) is 1. The van der Waals surface area contributed by atoms with E-state index in [-0.39, 0.29) is 0 Å². The fourth-order valence-electron chi connectivity index (χ4n) is 2.89. The van der Waals surface area contributed by atoms with E-state index >= 15 is 0 Å². The van der Waals surface area contributed by atoms with E-state index in [2.05, 4.69) is 36.1 Å². The first-order chi connectivity index (χ1) is 8.15. The Hall–Kier alpha value is -0.160. The van der Waals surface area contributed by atoms with E-state index in [0.29, 0.717) is 12.2 Å². The van der Waals surface area contributed by atoms with Crippen LogP contribution in [-0.2, 0) is 4.74 Å². The Morgan fingerprint density at radius 3 is 2.53 bits per heavy atom. The highest BCUT2D eigenvalue weighted by Crippen LogP contribution is 2.15. The first-order valence-electron chi connectivity index (χ1n) is 6.90. The molecule has 4 nitrogen and oxygen atoms in total. The van der Waals surface area contributed by atoms with E-state index in [9.17, 15) is 0 Å². The van der Waals surface area contributed by atoms with Gasteiger partial charge in [0.25, 0.3) is 0 Å². The number of hydrogen-bond acceptors (Lipinski definition) is 4. The molecule has 2 saturated heterocycles. The zero-order chi connectivity index (χ0) is 12.3. The van der Waals surface area contributed by atoms with Crippen LogP contribution in [-0.4, -0.2) is 74.9 Å². The second kappa shape index (κ2) is 6.14. The van der Waals surface area contributed by atoms with Crippen LogP contribution in [0.15, 0.2) is 0 Å². The molecule has 100 valence electrons. The lowest BCUT2D eigenvalue weighted by atomic mass is 10.0. The first kappa shape index (κ1) is 13.3. The van der Waals surface area contributed by atoms with Crippen molar-refractivity contribution in [1.82, 2.24) is 15.1 Å². The summed E-state index contributed by atoms with van der Waals surface area (Å²) in [5, 5.41) is 3.44. The molecular formula is C13H27N3O. The molecule has 4 heteroatoms. The number of rotatable bonds is 3. The van der Waals surface area contributed by atoms with Gasteiger partial charge in [0.15, 0.2) is 0 Å². The van der Waals surface area contributed by atoms with E-state index in [1.165, 1.54) is 25.9 Å². The number of likely N-dealkylation sites (tertiary alicyclic amines) is 1. The summed E-state index contributed by atoms with van der Waals surface area (Å²) in [7, 11) is 4.38. The zero-order valence-corrected chi connectivity index (χ0v) is 11.5. The molecule has 0 aliphatic carbocycles. The summed E-state index contributed by atoms with van der Waals surface area (Å²) in [6.07, 6.45) is 3.34. The van der Waals surface area contributed by atoms with Crippen LogP contribution >= 0.6 is 0 Å². The number of piperidine rings is 1. The van der Waals surface area contributed by atoms with Crippen LogP contribution in [0.25, 0.3) is 0 Å². The molecule has 0 saturated carbocycles. The van der Waals surface area contributed by atoms with Gasteiger partial charge in [0.05, 0.1) is 12.2 Å². The van der Waals surface area contributed by atoms with E-state index in [0.717, 1.165) is 25.7 Å². The van der Waals surface area contributed by atoms with E-state index in [1.807, 2.05) is 0 Å². The second-order valence-corrected chi connectivity index (χ2v) is 5.72. The van der Waals surface area contributed by atoms with Crippen molar-refractivity contribution in [1.29, 1.82) is 0 Å². The van der Waals surface area contributed by atoms with E-state index in [4.69, 9.17) is 4.74 Å². The third-order valence-corrected chi connectivity index (χ3v) is 3.98. The smallest absolute Gasteiger partial charge is 0.0830 e. The van der Waals surface area contributed by atoms with Crippen LogP contribution in [0.5, 0.6) is 0 Å². The molecule has 0 radical (unpaired) electrons. The van der Waals surface area contributed by atoms with Crippen molar-refractivity contribution in [3.63, 3.8) is 0 Å². The normalized spacial score (nSPS) is 33.2. The lowest BCUT2D eigenvalue weighted by Gasteiger charge is -2.38. The number of nitrogens with zero attached hydrogens (tertiary/aromatic N) is 2. The Morgan fingerprint density at radius 1 is 1.24 bits per heavy atom. The van der Waals surface area contributed by atoms with Gasteiger partial charge in [-0.2, -0.15) is 0 Å². The maximum absolute atomic E-state index is 5.95. The molecule has 0 aromatic carbocycles. The second-order valence-electron chi connectivity index (χ2n) is 5.72. The van der Waals surface area contributed by atoms with Crippen molar-refractivity contribution in [2.45, 2.75) is 38.0 Å². The molecule has 17 heavy (non-hydrogen) atoms. The number of morpholine rings is 1. The minimum atomic E-state index is 0.369. The molecule has 0 aromatic rings. The molecule has 0 unspecified atom stereocenters. The van der Waals surface area contributed by atoms with Gasteiger partial charge in [-0.1, -0.05) is 0 Å². The van der Waals surface area contributed by atoms with E-state index in [1.54, 1.807) is 0 Å². The van der Waals surface area contributed by atoms with Gasteiger partial charge >= 0.3 is 0 Å². The maximum atomic E-state index is 5.95. The standard InChI is InChI=1S/C13H27N3O/c1-11-8-14-9-13(17-11)10-16-6-4-12(5-7-16)15(2)3/h11-14H,4-10H2,1-3H3/t11-,13+/m1/s1. The summed E-state index contributed by atoms with van der Waals surface area (Å²) in [5.74, 6) is 0. The van der Waals surface area contributed by atoms with Crippen molar-refractivity contribution in [3.8, 4) is 0 Å². The quantitative estimate of drug-likeness (QED) is 0.773. The topological polar surface area (TPSA) is 27.7 Å². The fraction of sp³-hybridized carbons (Fsp3) is 1.00. The molecule has 0 spiro atoms. The highest BCUT2D eigenvalue weighted by Gasteiger charge is 2.25. The average Bonchev–Trinajstić information content (AvgIpc) is 2.29. The largest absolute Gasteiger partial charge is 0.371 e. The van der Waals surface area contributed by atoms with Crippen molar-refractivity contribution >= 4 is 0 Å². The van der Waals surface area contributed by atoms with Gasteiger partial charge in [0, 0.05) is 25.7 Å². The summed E-state index contributed by atoms with van der Waals surface area (Å²) >= 11 is 0. The summed E-state index contributed by atoms with van der Waals surface area (Å²) in [4.78, 5) is 4.92. The van der Waals surface area contributed by atoms with Gasteiger partial charge in [-0.15, -0.1) is 0 Å². The van der Waals surface area contributed by atoms with Gasteiger partial charge in [-0.3, -0.25) is 0 Å². The van der Waals surface area contributed by atoms with Crippen LogP contribution in [0.3, 0.4) is 0 Å². The van der Waals surface area contributed by atoms with Crippen molar-refractivity contribution in [2.24, 2.45) is 0 Å². The van der Waals surface area contributed by atoms with Gasteiger partial charge in [-0.25, -0.2) is 0 Å². The Balaban J connectivity index is 1.70. The van der Waals surface area contributed by atoms with Gasteiger partial charge in [0.1, 0.15) is 0 Å². The predicted molar refractivity (Wildman–Crippen MR) is 70.4 cm³/mol. The van der Waals surface area contributed by atoms with Crippen LogP contribution in [0.1, 0.15) is 19.8 Å². The zero-order valence-electron chi connectivity index (χ0n) is 11.5. The van der Waals surface area contributed by atoms with Crippen molar-refractivity contribution in [3.05, 3.63) is 0 Å². The Bertz CT molecular complexity index is 227. The Labute approximate surface area is 105 Å². The molecule has 2 aliphatic rings. The third-order valence-electron chi connectivity index (χ3n) is 3.98. The van der Waals surface area contributed by atoms with Crippen LogP contribution in [0.4, 0.5) is 0 Å². The lowest BCUT2D eigenvalue weighted by Crippen LogP contribution is -2.51. The lowest BCUT2D eigenvalue weighted by molar-refractivity contribution is -0.0463. The molecule has 2 heterocycles. The van der Waals surface area contributed by atoms with Crippen LogP contribution in [0.2, 0.25) is 0 Å². The van der Waals surface area contributed by atoms with Crippen LogP contribution < -0.4 is 5.32 Å². The van der Waals surface area contributed by atoms with Gasteiger partial charge in [-0.05, 0) is 47.0 Å². The highest BCUT2D eigenvalue weighted by molar-refractivity contribution is 4.81. The van der Waals surface area contributed by atoms with E-state index < -0.39 is 0 Å². The number of ether oxygens (including phenoxy) is 1. The summed E-state index contributed by atoms with van der Waals surface area (Å²) < 4.78 is 5.95. The van der Waals surface area contributed by atoms with Gasteiger partial charge in [0.2, 0.25) is 0 Å². The number of hydrogen-bond donors (Lipinski definition) is 1. The molecule has 2 atom stereocenters. The van der Waals surface area contributed by atoms with Crippen molar-refractivity contribution < 1.29 is 4.74 Å². The maximum Gasteiger partial charge on any atom is 0.0830 e. The fourth-order valence-corrected chi connectivity index (χ4v) is 2.89. The molecule has 0 aromatic heterocycles. The SMILES string of the molecule is C[C@@H]1CNC[C@@H](CN2CCC(N(C)C)CC2)O1. The van der Waals surface area contributed by atoms with Crippen molar-refractivity contribution in [2.75, 3.05) is 46.8 Å². The first-order valence-corrected chi connectivity index (χ1v) is 6.90. The molecule has 2 aliphatic heterocycles. The monoisotopic (exact) mass is 241 g/mol. The minimum Gasteiger partial charge on any atom is -0.371 e.